The van der Waals surface area contributed by atoms with Crippen molar-refractivity contribution >= 4 is 5.91 Å². The molecule has 0 aliphatic rings. The SMILES string of the molecule is Cc1ccc(CN(C)Cc2ccoc2C(=O)NN)o1. The molecule has 2 heterocycles. The van der Waals surface area contributed by atoms with E-state index in [2.05, 4.69) is 5.43 Å². The van der Waals surface area contributed by atoms with Gasteiger partial charge in [0.2, 0.25) is 0 Å². The van der Waals surface area contributed by atoms with Crippen LogP contribution in [0.25, 0.3) is 0 Å². The molecule has 2 aromatic heterocycles. The molecule has 0 aromatic carbocycles. The molecular formula is C13H17N3O3. The van der Waals surface area contributed by atoms with Crippen LogP contribution in [0.4, 0.5) is 0 Å². The summed E-state index contributed by atoms with van der Waals surface area (Å²) in [5, 5.41) is 0. The Morgan fingerprint density at radius 1 is 1.37 bits per heavy atom. The molecule has 0 saturated carbocycles. The lowest BCUT2D eigenvalue weighted by atomic mass is 10.2. The first kappa shape index (κ1) is 13.4. The maximum absolute atomic E-state index is 11.5. The van der Waals surface area contributed by atoms with Crippen LogP contribution in [0.5, 0.6) is 0 Å². The van der Waals surface area contributed by atoms with Crippen molar-refractivity contribution in [3.05, 3.63) is 47.3 Å². The summed E-state index contributed by atoms with van der Waals surface area (Å²) in [6.07, 6.45) is 1.48. The third-order valence-electron chi connectivity index (χ3n) is 2.75. The van der Waals surface area contributed by atoms with Crippen LogP contribution in [0.2, 0.25) is 0 Å². The van der Waals surface area contributed by atoms with Gasteiger partial charge >= 0.3 is 5.91 Å². The summed E-state index contributed by atoms with van der Waals surface area (Å²) in [5.74, 6) is 6.68. The lowest BCUT2D eigenvalue weighted by molar-refractivity contribution is 0.0923. The van der Waals surface area contributed by atoms with Crippen molar-refractivity contribution in [2.75, 3.05) is 7.05 Å². The van der Waals surface area contributed by atoms with E-state index in [0.717, 1.165) is 17.1 Å². The zero-order valence-corrected chi connectivity index (χ0v) is 11.0. The summed E-state index contributed by atoms with van der Waals surface area (Å²) < 4.78 is 10.6. The zero-order chi connectivity index (χ0) is 13.8. The molecule has 6 heteroatoms. The van der Waals surface area contributed by atoms with Gasteiger partial charge in [-0.2, -0.15) is 0 Å². The van der Waals surface area contributed by atoms with Crippen molar-refractivity contribution in [1.82, 2.24) is 10.3 Å². The highest BCUT2D eigenvalue weighted by molar-refractivity contribution is 5.92. The van der Waals surface area contributed by atoms with Crippen LogP contribution >= 0.6 is 0 Å². The van der Waals surface area contributed by atoms with E-state index in [1.165, 1.54) is 6.26 Å². The number of carbonyl (C=O) groups excluding carboxylic acids is 1. The number of nitrogens with one attached hydrogen (secondary N) is 1. The molecule has 0 bridgehead atoms. The van der Waals surface area contributed by atoms with Gasteiger partial charge in [0.25, 0.3) is 0 Å². The zero-order valence-electron chi connectivity index (χ0n) is 11.0. The fourth-order valence-electron chi connectivity index (χ4n) is 1.91. The predicted molar refractivity (Wildman–Crippen MR) is 69.0 cm³/mol. The molecule has 0 radical (unpaired) electrons. The van der Waals surface area contributed by atoms with Crippen molar-refractivity contribution < 1.29 is 13.6 Å². The Bertz CT molecular complexity index is 559. The molecule has 0 spiro atoms. The van der Waals surface area contributed by atoms with E-state index in [1.54, 1.807) is 6.07 Å². The fourth-order valence-corrected chi connectivity index (χ4v) is 1.91. The molecule has 0 saturated heterocycles. The van der Waals surface area contributed by atoms with Gasteiger partial charge in [0.15, 0.2) is 5.76 Å². The van der Waals surface area contributed by atoms with E-state index < -0.39 is 5.91 Å². The number of hydrogen-bond donors (Lipinski definition) is 2. The Hall–Kier alpha value is -2.05. The highest BCUT2D eigenvalue weighted by atomic mass is 16.3. The highest BCUT2D eigenvalue weighted by Gasteiger charge is 2.16. The normalized spacial score (nSPS) is 10.9. The van der Waals surface area contributed by atoms with Crippen LogP contribution in [0.1, 0.15) is 27.6 Å². The number of hydrogen-bond acceptors (Lipinski definition) is 5. The first-order valence-electron chi connectivity index (χ1n) is 5.91. The standard InChI is InChI=1S/C13H17N3O3/c1-9-3-4-11(19-9)8-16(2)7-10-5-6-18-12(10)13(17)15-14/h3-6H,7-8,14H2,1-2H3,(H,15,17). The van der Waals surface area contributed by atoms with Crippen LogP contribution in [-0.4, -0.2) is 17.9 Å². The number of amides is 1. The molecule has 0 aliphatic carbocycles. The minimum absolute atomic E-state index is 0.241. The molecule has 0 fully saturated rings. The molecule has 1 amide bonds. The van der Waals surface area contributed by atoms with Gasteiger partial charge in [-0.05, 0) is 32.2 Å². The van der Waals surface area contributed by atoms with Gasteiger partial charge in [0, 0.05) is 12.1 Å². The maximum atomic E-state index is 11.5. The first-order valence-corrected chi connectivity index (χ1v) is 5.91. The molecule has 0 unspecified atom stereocenters. The average molecular weight is 263 g/mol. The summed E-state index contributed by atoms with van der Waals surface area (Å²) in [6, 6.07) is 5.62. The minimum atomic E-state index is -0.428. The lowest BCUT2D eigenvalue weighted by Gasteiger charge is -2.14. The first-order chi connectivity index (χ1) is 9.10. The summed E-state index contributed by atoms with van der Waals surface area (Å²) in [7, 11) is 1.94. The van der Waals surface area contributed by atoms with Crippen LogP contribution in [0.3, 0.4) is 0 Å². The largest absolute Gasteiger partial charge is 0.465 e. The molecule has 102 valence electrons. The number of furan rings is 2. The molecule has 2 aromatic rings. The second-order valence-corrected chi connectivity index (χ2v) is 4.43. The van der Waals surface area contributed by atoms with Gasteiger partial charge in [-0.15, -0.1) is 0 Å². The van der Waals surface area contributed by atoms with Crippen molar-refractivity contribution in [3.8, 4) is 0 Å². The van der Waals surface area contributed by atoms with Gasteiger partial charge in [-0.3, -0.25) is 15.1 Å². The van der Waals surface area contributed by atoms with Crippen LogP contribution in [0, 0.1) is 6.92 Å². The monoisotopic (exact) mass is 263 g/mol. The molecular weight excluding hydrogens is 246 g/mol. The molecule has 3 N–H and O–H groups in total. The van der Waals surface area contributed by atoms with E-state index >= 15 is 0 Å². The number of carbonyl (C=O) groups is 1. The van der Waals surface area contributed by atoms with Gasteiger partial charge in [-0.25, -0.2) is 5.84 Å². The molecule has 0 aliphatic heterocycles. The van der Waals surface area contributed by atoms with E-state index in [0.29, 0.717) is 13.1 Å². The van der Waals surface area contributed by atoms with Gasteiger partial charge in [0.1, 0.15) is 11.5 Å². The smallest absolute Gasteiger partial charge is 0.301 e. The van der Waals surface area contributed by atoms with Gasteiger partial charge in [-0.1, -0.05) is 0 Å². The molecule has 19 heavy (non-hydrogen) atoms. The highest BCUT2D eigenvalue weighted by Crippen LogP contribution is 2.15. The Morgan fingerprint density at radius 3 is 2.79 bits per heavy atom. The van der Waals surface area contributed by atoms with Crippen molar-refractivity contribution in [3.63, 3.8) is 0 Å². The van der Waals surface area contributed by atoms with Crippen LogP contribution in [0.15, 0.2) is 33.3 Å². The van der Waals surface area contributed by atoms with E-state index in [-0.39, 0.29) is 5.76 Å². The Morgan fingerprint density at radius 2 is 2.16 bits per heavy atom. The summed E-state index contributed by atoms with van der Waals surface area (Å²) in [6.45, 7) is 3.13. The topological polar surface area (TPSA) is 84.6 Å². The predicted octanol–water partition coefficient (Wildman–Crippen LogP) is 1.42. The number of hydrazine groups is 1. The number of nitrogens with zero attached hydrogens (tertiary/aromatic N) is 1. The van der Waals surface area contributed by atoms with Crippen LogP contribution in [-0.2, 0) is 13.1 Å². The summed E-state index contributed by atoms with van der Waals surface area (Å²) >= 11 is 0. The van der Waals surface area contributed by atoms with E-state index in [1.807, 2.05) is 31.0 Å². The molecule has 0 atom stereocenters. The number of rotatable bonds is 5. The van der Waals surface area contributed by atoms with E-state index in [9.17, 15) is 4.79 Å². The Labute approximate surface area is 111 Å². The number of nitrogen functional groups attached to an aromatic ring is 1. The van der Waals surface area contributed by atoms with Gasteiger partial charge < -0.3 is 8.83 Å². The third-order valence-corrected chi connectivity index (χ3v) is 2.75. The maximum Gasteiger partial charge on any atom is 0.301 e. The van der Waals surface area contributed by atoms with E-state index in [4.69, 9.17) is 14.7 Å². The molecule has 6 nitrogen and oxygen atoms in total. The van der Waals surface area contributed by atoms with Crippen molar-refractivity contribution in [1.29, 1.82) is 0 Å². The minimum Gasteiger partial charge on any atom is -0.465 e. The fraction of sp³-hybridized carbons (Fsp3) is 0.308. The second kappa shape index (κ2) is 5.73. The Balaban J connectivity index is 2.01. The van der Waals surface area contributed by atoms with Crippen LogP contribution < -0.4 is 11.3 Å². The lowest BCUT2D eigenvalue weighted by Crippen LogP contribution is -2.31. The number of nitrogens with two attached hydrogens (primary N) is 1. The van der Waals surface area contributed by atoms with Crippen molar-refractivity contribution in [2.45, 2.75) is 20.0 Å². The second-order valence-electron chi connectivity index (χ2n) is 4.43. The Kier molecular flexibility index (Phi) is 4.03. The summed E-state index contributed by atoms with van der Waals surface area (Å²) in [5.41, 5.74) is 2.85. The van der Waals surface area contributed by atoms with Crippen molar-refractivity contribution in [2.24, 2.45) is 5.84 Å². The quantitative estimate of drug-likeness (QED) is 0.484. The average Bonchev–Trinajstić information content (AvgIpc) is 2.97. The third kappa shape index (κ3) is 3.24. The summed E-state index contributed by atoms with van der Waals surface area (Å²) in [4.78, 5) is 13.5. The van der Waals surface area contributed by atoms with Gasteiger partial charge in [0.05, 0.1) is 12.8 Å². The number of aryl methyl sites for hydroxylation is 1. The molecule has 2 rings (SSSR count).